The minimum absolute atomic E-state index is 0.0177. The molecular formula is C58H104NO7P. The summed E-state index contributed by atoms with van der Waals surface area (Å²) in [5, 5.41) is 0. The van der Waals surface area contributed by atoms with E-state index in [2.05, 4.69) is 98.9 Å². The van der Waals surface area contributed by atoms with Crippen LogP contribution in [0, 0.1) is 0 Å². The molecule has 0 spiro atoms. The fraction of sp³-hybridized carbons (Fsp3) is 0.741. The van der Waals surface area contributed by atoms with E-state index in [4.69, 9.17) is 18.5 Å². The van der Waals surface area contributed by atoms with Crippen LogP contribution in [0.25, 0.3) is 0 Å². The first kappa shape index (κ1) is 64.7. The third-order valence-corrected chi connectivity index (χ3v) is 12.4. The molecule has 2 atom stereocenters. The number of hydrogen-bond donors (Lipinski definition) is 0. The van der Waals surface area contributed by atoms with Crippen molar-refractivity contribution in [1.29, 1.82) is 0 Å². The van der Waals surface area contributed by atoms with Gasteiger partial charge in [-0.2, -0.15) is 0 Å². The highest BCUT2D eigenvalue weighted by Gasteiger charge is 2.20. The zero-order chi connectivity index (χ0) is 49.0. The quantitative estimate of drug-likeness (QED) is 0.0197. The van der Waals surface area contributed by atoms with E-state index in [0.29, 0.717) is 17.6 Å². The minimum atomic E-state index is -4.54. The molecule has 0 radical (unpaired) electrons. The number of allylic oxidation sites excluding steroid dienone is 14. The van der Waals surface area contributed by atoms with Crippen molar-refractivity contribution in [3.63, 3.8) is 0 Å². The van der Waals surface area contributed by atoms with Crippen LogP contribution in [0.3, 0.4) is 0 Å². The first-order chi connectivity index (χ1) is 32.6. The molecule has 0 saturated heterocycles. The number of unbranched alkanes of at least 4 members (excludes halogenated alkanes) is 22. The Morgan fingerprint density at radius 2 is 0.866 bits per heavy atom. The van der Waals surface area contributed by atoms with Crippen LogP contribution in [0.1, 0.15) is 219 Å². The standard InChI is InChI=1S/C58H104NO7P/c1-6-8-10-12-14-16-18-20-22-24-26-28-29-30-32-34-36-38-40-42-44-46-48-50-53-63-55-57(56-65-67(61,62)64-54-52-59(3,4)5)66-58(60)51-49-47-45-43-41-39-37-35-33-31-27-25-23-21-19-17-15-13-11-9-7-2/h9,11,15,17-18,20-21,23-24,26-27,31,35,37,57H,6-8,10,12-14,16,19,22,25,28-30,32-34,36,38-56H2,1-5H3/b11-9-,17-15-,20-18-,23-21-,26-24-,31-27-,37-35-. The number of hydrogen-bond acceptors (Lipinski definition) is 7. The molecule has 0 bridgehead atoms. The zero-order valence-electron chi connectivity index (χ0n) is 44.1. The molecule has 0 amide bonds. The summed E-state index contributed by atoms with van der Waals surface area (Å²) in [6.07, 6.45) is 67.6. The van der Waals surface area contributed by atoms with Crippen molar-refractivity contribution in [1.82, 2.24) is 0 Å². The first-order valence-electron chi connectivity index (χ1n) is 27.3. The van der Waals surface area contributed by atoms with Gasteiger partial charge in [0.05, 0.1) is 34.4 Å². The second kappa shape index (κ2) is 50.1. The lowest BCUT2D eigenvalue weighted by Gasteiger charge is -2.28. The molecule has 388 valence electrons. The number of carbonyl (C=O) groups is 1. The van der Waals surface area contributed by atoms with Crippen LogP contribution in [0.4, 0.5) is 0 Å². The molecule has 2 unspecified atom stereocenters. The number of rotatable bonds is 50. The van der Waals surface area contributed by atoms with E-state index in [0.717, 1.165) is 89.9 Å². The summed E-state index contributed by atoms with van der Waals surface area (Å²) < 4.78 is 34.8. The van der Waals surface area contributed by atoms with Gasteiger partial charge in [0.25, 0.3) is 7.82 Å². The molecule has 0 aliphatic heterocycles. The zero-order valence-corrected chi connectivity index (χ0v) is 45.0. The van der Waals surface area contributed by atoms with Crippen LogP contribution in [0.2, 0.25) is 0 Å². The van der Waals surface area contributed by atoms with Gasteiger partial charge in [-0.15, -0.1) is 0 Å². The second-order valence-corrected chi connectivity index (χ2v) is 20.6. The van der Waals surface area contributed by atoms with Gasteiger partial charge >= 0.3 is 5.97 Å². The Bertz CT molecular complexity index is 1340. The maximum absolute atomic E-state index is 12.8. The number of phosphoric ester groups is 1. The maximum atomic E-state index is 12.8. The fourth-order valence-corrected chi connectivity index (χ4v) is 7.98. The number of likely N-dealkylation sites (N-methyl/N-ethyl adjacent to an activating group) is 1. The molecule has 0 aliphatic carbocycles. The molecule has 8 nitrogen and oxygen atoms in total. The number of phosphoric acid groups is 1. The Kier molecular flexibility index (Phi) is 48.3. The molecule has 0 aromatic heterocycles. The Morgan fingerprint density at radius 3 is 1.30 bits per heavy atom. The monoisotopic (exact) mass is 958 g/mol. The maximum Gasteiger partial charge on any atom is 0.306 e. The molecule has 0 rings (SSSR count). The van der Waals surface area contributed by atoms with E-state index < -0.39 is 13.9 Å². The Balaban J connectivity index is 4.16. The fourth-order valence-electron chi connectivity index (χ4n) is 7.25. The van der Waals surface area contributed by atoms with Crippen molar-refractivity contribution in [2.24, 2.45) is 0 Å². The highest BCUT2D eigenvalue weighted by atomic mass is 31.2. The van der Waals surface area contributed by atoms with Crippen molar-refractivity contribution in [3.8, 4) is 0 Å². The average Bonchev–Trinajstić information content (AvgIpc) is 3.29. The largest absolute Gasteiger partial charge is 0.756 e. The lowest BCUT2D eigenvalue weighted by molar-refractivity contribution is -0.870. The van der Waals surface area contributed by atoms with E-state index in [9.17, 15) is 14.3 Å². The number of esters is 1. The van der Waals surface area contributed by atoms with Crippen molar-refractivity contribution in [3.05, 3.63) is 85.1 Å². The summed E-state index contributed by atoms with van der Waals surface area (Å²) in [5.41, 5.74) is 0. The predicted molar refractivity (Wildman–Crippen MR) is 286 cm³/mol. The molecule has 0 saturated carbocycles. The number of quaternary nitrogens is 1. The third-order valence-electron chi connectivity index (χ3n) is 11.4. The summed E-state index contributed by atoms with van der Waals surface area (Å²) in [5.74, 6) is -0.354. The van der Waals surface area contributed by atoms with Gasteiger partial charge < -0.3 is 27.9 Å². The topological polar surface area (TPSA) is 94.1 Å². The summed E-state index contributed by atoms with van der Waals surface area (Å²) in [4.78, 5) is 25.2. The average molecular weight is 958 g/mol. The minimum Gasteiger partial charge on any atom is -0.756 e. The van der Waals surface area contributed by atoms with E-state index >= 15 is 0 Å². The number of nitrogens with zero attached hydrogens (tertiary/aromatic N) is 1. The van der Waals surface area contributed by atoms with Gasteiger partial charge in [-0.1, -0.05) is 208 Å². The van der Waals surface area contributed by atoms with Gasteiger partial charge in [0.15, 0.2) is 0 Å². The molecule has 9 heteroatoms. The van der Waals surface area contributed by atoms with Crippen LogP contribution < -0.4 is 4.89 Å². The van der Waals surface area contributed by atoms with E-state index in [-0.39, 0.29) is 32.2 Å². The van der Waals surface area contributed by atoms with Crippen molar-refractivity contribution in [2.45, 2.75) is 225 Å². The number of carbonyl (C=O) groups excluding carboxylic acids is 1. The summed E-state index contributed by atoms with van der Waals surface area (Å²) in [7, 11) is 1.33. The summed E-state index contributed by atoms with van der Waals surface area (Å²) in [6.45, 7) is 5.26. The first-order valence-corrected chi connectivity index (χ1v) is 28.8. The van der Waals surface area contributed by atoms with Gasteiger partial charge in [0.2, 0.25) is 0 Å². The van der Waals surface area contributed by atoms with Crippen LogP contribution in [-0.2, 0) is 27.9 Å². The summed E-state index contributed by atoms with van der Waals surface area (Å²) >= 11 is 0. The Hall–Kier alpha value is -2.32. The highest BCUT2D eigenvalue weighted by Crippen LogP contribution is 2.38. The van der Waals surface area contributed by atoms with Gasteiger partial charge in [-0.25, -0.2) is 0 Å². The lowest BCUT2D eigenvalue weighted by atomic mass is 10.0. The van der Waals surface area contributed by atoms with Crippen molar-refractivity contribution >= 4 is 13.8 Å². The van der Waals surface area contributed by atoms with Gasteiger partial charge in [0, 0.05) is 13.0 Å². The molecular weight excluding hydrogens is 854 g/mol. The molecule has 0 aromatic carbocycles. The lowest BCUT2D eigenvalue weighted by Crippen LogP contribution is -2.37. The van der Waals surface area contributed by atoms with E-state index in [1.54, 1.807) is 0 Å². The number of ether oxygens (including phenoxy) is 2. The van der Waals surface area contributed by atoms with Crippen LogP contribution in [0.15, 0.2) is 85.1 Å². The smallest absolute Gasteiger partial charge is 0.306 e. The molecule has 67 heavy (non-hydrogen) atoms. The molecule has 0 aliphatic rings. The SMILES string of the molecule is CC/C=C\C/C=C\C/C=C\C/C=C\C/C=C\CCCCCCCC(=O)OC(COCCCCCCCCCCCCCC/C=C\C/C=C\CCCCCCC)COP(=O)([O-])OCC[N+](C)(C)C. The Labute approximate surface area is 414 Å². The summed E-state index contributed by atoms with van der Waals surface area (Å²) in [6, 6.07) is 0. The molecule has 0 N–H and O–H groups in total. The van der Waals surface area contributed by atoms with Crippen LogP contribution in [-0.4, -0.2) is 70.7 Å². The third kappa shape index (κ3) is 54.5. The van der Waals surface area contributed by atoms with Gasteiger partial charge in [-0.3, -0.25) is 9.36 Å². The van der Waals surface area contributed by atoms with Crippen molar-refractivity contribution < 1.29 is 37.3 Å². The van der Waals surface area contributed by atoms with Crippen LogP contribution >= 0.6 is 7.82 Å². The Morgan fingerprint density at radius 1 is 0.478 bits per heavy atom. The van der Waals surface area contributed by atoms with Crippen LogP contribution in [0.5, 0.6) is 0 Å². The normalized spacial score (nSPS) is 14.2. The second-order valence-electron chi connectivity index (χ2n) is 19.2. The molecule has 0 fully saturated rings. The molecule has 0 aromatic rings. The van der Waals surface area contributed by atoms with Crippen molar-refractivity contribution in [2.75, 3.05) is 54.1 Å². The molecule has 0 heterocycles. The van der Waals surface area contributed by atoms with Gasteiger partial charge in [-0.05, 0) is 89.9 Å². The van der Waals surface area contributed by atoms with Gasteiger partial charge in [0.1, 0.15) is 19.3 Å². The van der Waals surface area contributed by atoms with E-state index in [1.165, 1.54) is 109 Å². The highest BCUT2D eigenvalue weighted by molar-refractivity contribution is 7.45. The van der Waals surface area contributed by atoms with E-state index in [1.807, 2.05) is 21.1 Å². The predicted octanol–water partition coefficient (Wildman–Crippen LogP) is 16.5.